The number of hydrogen-bond acceptors (Lipinski definition) is 3. The lowest BCUT2D eigenvalue weighted by Crippen LogP contribution is -2.39. The summed E-state index contributed by atoms with van der Waals surface area (Å²) in [4.78, 5) is 22.7. The maximum atomic E-state index is 11.7. The number of hydrogen-bond donors (Lipinski definition) is 1. The van der Waals surface area contributed by atoms with Crippen molar-refractivity contribution >= 4 is 11.7 Å². The molecule has 1 N–H and O–H groups in total. The van der Waals surface area contributed by atoms with Crippen LogP contribution < -0.4 is 10.1 Å². The largest absolute Gasteiger partial charge is 0.497 e. The Morgan fingerprint density at radius 1 is 1.17 bits per heavy atom. The average Bonchev–Trinajstić information content (AvgIpc) is 2.41. The third-order valence-corrected chi connectivity index (χ3v) is 2.74. The summed E-state index contributed by atoms with van der Waals surface area (Å²) in [7, 11) is 1.60. The Morgan fingerprint density at radius 3 is 2.28 bits per heavy atom. The van der Waals surface area contributed by atoms with Crippen LogP contribution >= 0.6 is 0 Å². The number of piperidine rings is 1. The maximum absolute atomic E-state index is 11.7. The Bertz CT molecular complexity index is 412. The predicted molar refractivity (Wildman–Crippen MR) is 69.7 cm³/mol. The summed E-state index contributed by atoms with van der Waals surface area (Å²) in [6.45, 7) is 4.39. The Labute approximate surface area is 107 Å². The summed E-state index contributed by atoms with van der Waals surface area (Å²) in [5.41, 5.74) is 0.922. The summed E-state index contributed by atoms with van der Waals surface area (Å²) < 4.78 is 5.05. The van der Waals surface area contributed by atoms with Crippen molar-refractivity contribution < 1.29 is 14.3 Å². The molecule has 1 aromatic carbocycles. The summed E-state index contributed by atoms with van der Waals surface area (Å²) >= 11 is 0. The van der Waals surface area contributed by atoms with E-state index in [-0.39, 0.29) is 24.0 Å². The zero-order valence-electron chi connectivity index (χ0n) is 11.0. The fourth-order valence-electron chi connectivity index (χ4n) is 1.81. The van der Waals surface area contributed by atoms with E-state index >= 15 is 0 Å². The Morgan fingerprint density at radius 2 is 1.78 bits per heavy atom. The molecule has 1 aliphatic rings. The van der Waals surface area contributed by atoms with Crippen molar-refractivity contribution in [3.05, 3.63) is 29.8 Å². The zero-order chi connectivity index (χ0) is 13.5. The number of carbonyl (C=O) groups excluding carboxylic acids is 2. The van der Waals surface area contributed by atoms with E-state index in [0.717, 1.165) is 11.3 Å². The van der Waals surface area contributed by atoms with Crippen molar-refractivity contribution in [2.75, 3.05) is 13.7 Å². The van der Waals surface area contributed by atoms with E-state index in [1.165, 1.54) is 0 Å². The number of amides is 1. The summed E-state index contributed by atoms with van der Waals surface area (Å²) in [6, 6.07) is 7.36. The second kappa shape index (κ2) is 6.79. The molecule has 4 heteroatoms. The molecular weight excluding hydrogens is 230 g/mol. The van der Waals surface area contributed by atoms with Crippen LogP contribution in [0.15, 0.2) is 24.3 Å². The molecule has 1 saturated heterocycles. The third-order valence-electron chi connectivity index (χ3n) is 2.74. The molecule has 0 saturated carbocycles. The first-order valence-corrected chi connectivity index (χ1v) is 6.14. The van der Waals surface area contributed by atoms with Crippen LogP contribution in [0.1, 0.15) is 31.7 Å². The van der Waals surface area contributed by atoms with Gasteiger partial charge in [-0.15, -0.1) is 0 Å². The molecular formula is C14H19NO3. The fraction of sp³-hybridized carbons (Fsp3) is 0.429. The van der Waals surface area contributed by atoms with Gasteiger partial charge in [-0.25, -0.2) is 0 Å². The zero-order valence-corrected chi connectivity index (χ0v) is 11.0. The summed E-state index contributed by atoms with van der Waals surface area (Å²) in [6.07, 6.45) is -0.0172. The first-order valence-electron chi connectivity index (χ1n) is 6.14. The van der Waals surface area contributed by atoms with Gasteiger partial charge in [-0.05, 0) is 17.7 Å². The number of ketones is 1. The smallest absolute Gasteiger partial charge is 0.227 e. The number of carbonyl (C=O) groups is 2. The standard InChI is InChI=1S/C12H13NO3.C2H6/c1-16-9-4-2-8(3-5-9)10-7-13-12(15)6-11(10)14;1-2/h2-5,10H,6-7H2,1H3,(H,13,15);1-2H3. The SMILES string of the molecule is CC.COc1ccc(C2CNC(=O)CC2=O)cc1. The minimum atomic E-state index is -0.219. The van der Waals surface area contributed by atoms with Crippen molar-refractivity contribution in [3.63, 3.8) is 0 Å². The first-order chi connectivity index (χ1) is 8.70. The number of Topliss-reactive ketones (excluding diaryl/α,β-unsaturated/α-hetero) is 1. The van der Waals surface area contributed by atoms with E-state index in [4.69, 9.17) is 4.74 Å². The fourth-order valence-corrected chi connectivity index (χ4v) is 1.81. The topological polar surface area (TPSA) is 55.4 Å². The number of benzene rings is 1. The highest BCUT2D eigenvalue weighted by Crippen LogP contribution is 2.22. The minimum Gasteiger partial charge on any atom is -0.497 e. The second-order valence-corrected chi connectivity index (χ2v) is 3.77. The Kier molecular flexibility index (Phi) is 5.36. The van der Waals surface area contributed by atoms with E-state index < -0.39 is 0 Å². The van der Waals surface area contributed by atoms with Gasteiger partial charge in [0.2, 0.25) is 5.91 Å². The molecule has 0 spiro atoms. The molecule has 1 atom stereocenters. The molecule has 0 bridgehead atoms. The molecule has 1 amide bonds. The predicted octanol–water partition coefficient (Wildman–Crippen LogP) is 1.89. The first kappa shape index (κ1) is 14.2. The highest BCUT2D eigenvalue weighted by Gasteiger charge is 2.27. The lowest BCUT2D eigenvalue weighted by molar-refractivity contribution is -0.131. The van der Waals surface area contributed by atoms with E-state index in [1.807, 2.05) is 38.1 Å². The van der Waals surface area contributed by atoms with Gasteiger partial charge in [0.15, 0.2) is 5.78 Å². The maximum Gasteiger partial charge on any atom is 0.227 e. The molecule has 1 aromatic rings. The van der Waals surface area contributed by atoms with Gasteiger partial charge < -0.3 is 10.1 Å². The molecule has 1 aliphatic heterocycles. The number of rotatable bonds is 2. The van der Waals surface area contributed by atoms with E-state index in [9.17, 15) is 9.59 Å². The van der Waals surface area contributed by atoms with Gasteiger partial charge in [0.05, 0.1) is 19.4 Å². The highest BCUT2D eigenvalue weighted by atomic mass is 16.5. The third kappa shape index (κ3) is 3.32. The van der Waals surface area contributed by atoms with E-state index in [0.29, 0.717) is 6.54 Å². The number of methoxy groups -OCH3 is 1. The number of ether oxygens (including phenoxy) is 1. The van der Waals surface area contributed by atoms with Gasteiger partial charge in [0, 0.05) is 6.54 Å². The van der Waals surface area contributed by atoms with Crippen LogP contribution in [0.2, 0.25) is 0 Å². The lowest BCUT2D eigenvalue weighted by Gasteiger charge is -2.21. The monoisotopic (exact) mass is 249 g/mol. The summed E-state index contributed by atoms with van der Waals surface area (Å²) in [5, 5.41) is 2.70. The second-order valence-electron chi connectivity index (χ2n) is 3.77. The molecule has 18 heavy (non-hydrogen) atoms. The molecule has 1 unspecified atom stereocenters. The summed E-state index contributed by atoms with van der Waals surface area (Å²) in [5.74, 6) is 0.336. The van der Waals surface area contributed by atoms with Crippen molar-refractivity contribution in [1.29, 1.82) is 0 Å². The van der Waals surface area contributed by atoms with Crippen molar-refractivity contribution in [3.8, 4) is 5.75 Å². The normalized spacial score (nSPS) is 18.5. The molecule has 4 nitrogen and oxygen atoms in total. The molecule has 0 radical (unpaired) electrons. The van der Waals surface area contributed by atoms with Crippen molar-refractivity contribution in [2.24, 2.45) is 0 Å². The minimum absolute atomic E-state index is 0.0172. The molecule has 98 valence electrons. The highest BCUT2D eigenvalue weighted by molar-refractivity contribution is 6.03. The van der Waals surface area contributed by atoms with Crippen molar-refractivity contribution in [1.82, 2.24) is 5.32 Å². The van der Waals surface area contributed by atoms with Gasteiger partial charge in [-0.2, -0.15) is 0 Å². The quantitative estimate of drug-likeness (QED) is 0.814. The lowest BCUT2D eigenvalue weighted by atomic mass is 9.90. The number of nitrogens with one attached hydrogen (secondary N) is 1. The molecule has 2 rings (SSSR count). The van der Waals surface area contributed by atoms with Gasteiger partial charge in [0.1, 0.15) is 5.75 Å². The van der Waals surface area contributed by atoms with Gasteiger partial charge in [0.25, 0.3) is 0 Å². The van der Waals surface area contributed by atoms with E-state index in [2.05, 4.69) is 5.32 Å². The van der Waals surface area contributed by atoms with Crippen LogP contribution in [0.4, 0.5) is 0 Å². The van der Waals surface area contributed by atoms with Crippen LogP contribution in [0, 0.1) is 0 Å². The molecule has 0 aliphatic carbocycles. The van der Waals surface area contributed by atoms with Gasteiger partial charge >= 0.3 is 0 Å². The Hall–Kier alpha value is -1.84. The van der Waals surface area contributed by atoms with Crippen LogP contribution in [-0.4, -0.2) is 25.3 Å². The van der Waals surface area contributed by atoms with Crippen molar-refractivity contribution in [2.45, 2.75) is 26.2 Å². The molecule has 0 aromatic heterocycles. The van der Waals surface area contributed by atoms with Gasteiger partial charge in [-0.3, -0.25) is 9.59 Å². The van der Waals surface area contributed by atoms with Crippen LogP contribution in [0.3, 0.4) is 0 Å². The molecule has 1 fully saturated rings. The van der Waals surface area contributed by atoms with E-state index in [1.54, 1.807) is 7.11 Å². The van der Waals surface area contributed by atoms with Crippen LogP contribution in [-0.2, 0) is 9.59 Å². The Balaban J connectivity index is 0.000000771. The van der Waals surface area contributed by atoms with Crippen LogP contribution in [0.25, 0.3) is 0 Å². The van der Waals surface area contributed by atoms with Gasteiger partial charge in [-0.1, -0.05) is 26.0 Å². The average molecular weight is 249 g/mol. The van der Waals surface area contributed by atoms with Crippen LogP contribution in [0.5, 0.6) is 5.75 Å². The molecule has 1 heterocycles.